The van der Waals surface area contributed by atoms with Crippen LogP contribution in [0.5, 0.6) is 0 Å². The molecule has 4 nitrogen and oxygen atoms in total. The van der Waals surface area contributed by atoms with Gasteiger partial charge in [0, 0.05) is 18.9 Å². The average molecular weight is 347 g/mol. The van der Waals surface area contributed by atoms with E-state index in [9.17, 15) is 13.2 Å². The fourth-order valence-corrected chi connectivity index (χ4v) is 3.04. The fraction of sp³-hybridized carbons (Fsp3) is 0.333. The number of nitrogens with zero attached hydrogens (tertiary/aromatic N) is 3. The number of rotatable bonds is 5. The number of halogens is 3. The lowest BCUT2D eigenvalue weighted by Gasteiger charge is -2.15. The molecule has 0 spiro atoms. The van der Waals surface area contributed by atoms with Crippen LogP contribution in [0.25, 0.3) is 22.2 Å². The van der Waals surface area contributed by atoms with E-state index in [1.165, 1.54) is 6.20 Å². The molecule has 1 saturated carbocycles. The first kappa shape index (κ1) is 16.1. The third-order valence-electron chi connectivity index (χ3n) is 4.62. The zero-order valence-corrected chi connectivity index (χ0v) is 13.5. The minimum Gasteiger partial charge on any atom is -0.379 e. The third-order valence-corrected chi connectivity index (χ3v) is 4.62. The van der Waals surface area contributed by atoms with E-state index in [2.05, 4.69) is 10.1 Å². The molecule has 2 aromatic heterocycles. The van der Waals surface area contributed by atoms with Gasteiger partial charge in [0.15, 0.2) is 17.5 Å². The number of aromatic nitrogens is 3. The van der Waals surface area contributed by atoms with Crippen molar-refractivity contribution in [1.82, 2.24) is 14.8 Å². The first-order valence-electron chi connectivity index (χ1n) is 8.06. The van der Waals surface area contributed by atoms with Crippen molar-refractivity contribution in [3.8, 4) is 11.1 Å². The van der Waals surface area contributed by atoms with E-state index in [0.717, 1.165) is 30.5 Å². The molecule has 25 heavy (non-hydrogen) atoms. The number of hydrogen-bond acceptors (Lipinski definition) is 3. The Bertz CT molecular complexity index is 913. The van der Waals surface area contributed by atoms with E-state index >= 15 is 0 Å². The van der Waals surface area contributed by atoms with Crippen LogP contribution in [0.4, 0.5) is 13.2 Å². The van der Waals surface area contributed by atoms with Crippen molar-refractivity contribution in [2.24, 2.45) is 5.92 Å². The number of methoxy groups -OCH3 is 1. The van der Waals surface area contributed by atoms with Gasteiger partial charge in [-0.05, 0) is 42.5 Å². The molecular formula is C18H16F3N3O. The molecule has 1 atom stereocenters. The molecule has 1 fully saturated rings. The van der Waals surface area contributed by atoms with Gasteiger partial charge >= 0.3 is 0 Å². The van der Waals surface area contributed by atoms with Gasteiger partial charge in [0.05, 0.1) is 24.4 Å². The summed E-state index contributed by atoms with van der Waals surface area (Å²) in [5.74, 6) is -3.38. The summed E-state index contributed by atoms with van der Waals surface area (Å²) in [7, 11) is 1.68. The Kier molecular flexibility index (Phi) is 3.95. The van der Waals surface area contributed by atoms with Crippen LogP contribution in [0.15, 0.2) is 30.6 Å². The normalized spacial score (nSPS) is 15.7. The second kappa shape index (κ2) is 6.15. The smallest absolute Gasteiger partial charge is 0.194 e. The monoisotopic (exact) mass is 347 g/mol. The van der Waals surface area contributed by atoms with E-state index in [-0.39, 0.29) is 11.7 Å². The van der Waals surface area contributed by atoms with E-state index in [1.54, 1.807) is 24.1 Å². The summed E-state index contributed by atoms with van der Waals surface area (Å²) in [6.07, 6.45) is 5.51. The van der Waals surface area contributed by atoms with Crippen molar-refractivity contribution in [2.75, 3.05) is 7.11 Å². The van der Waals surface area contributed by atoms with Crippen LogP contribution in [-0.4, -0.2) is 28.0 Å². The first-order chi connectivity index (χ1) is 12.1. The van der Waals surface area contributed by atoms with Gasteiger partial charge in [-0.25, -0.2) is 13.2 Å². The molecular weight excluding hydrogens is 331 g/mol. The molecule has 2 heterocycles. The maximum Gasteiger partial charge on any atom is 0.194 e. The van der Waals surface area contributed by atoms with Gasteiger partial charge in [0.2, 0.25) is 0 Å². The molecule has 0 amide bonds. The highest BCUT2D eigenvalue weighted by atomic mass is 19.2. The average Bonchev–Trinajstić information content (AvgIpc) is 3.38. The molecule has 4 rings (SSSR count). The zero-order valence-electron chi connectivity index (χ0n) is 13.5. The standard InChI is InChI=1S/C18H16F3N3O/c1-25-17(10-2-3-10)9-24-16-6-12(7-22-15(16)8-23-24)11-4-13(19)18(21)14(20)5-11/h4-8,10,17H,2-3,9H2,1H3. The van der Waals surface area contributed by atoms with Crippen LogP contribution in [0.3, 0.4) is 0 Å². The van der Waals surface area contributed by atoms with Crippen LogP contribution in [-0.2, 0) is 11.3 Å². The lowest BCUT2D eigenvalue weighted by atomic mass is 10.1. The molecule has 1 aromatic carbocycles. The first-order valence-corrected chi connectivity index (χ1v) is 8.06. The fourth-order valence-electron chi connectivity index (χ4n) is 3.04. The Hall–Kier alpha value is -2.41. The molecule has 0 saturated heterocycles. The second-order valence-corrected chi connectivity index (χ2v) is 6.32. The Balaban J connectivity index is 1.73. The van der Waals surface area contributed by atoms with Crippen molar-refractivity contribution in [3.63, 3.8) is 0 Å². The van der Waals surface area contributed by atoms with Gasteiger partial charge in [0.25, 0.3) is 0 Å². The molecule has 1 aliphatic rings. The van der Waals surface area contributed by atoms with E-state index in [0.29, 0.717) is 23.5 Å². The van der Waals surface area contributed by atoms with Crippen LogP contribution in [0.2, 0.25) is 0 Å². The van der Waals surface area contributed by atoms with Gasteiger partial charge in [-0.15, -0.1) is 0 Å². The third kappa shape index (κ3) is 3.00. The molecule has 7 heteroatoms. The number of ether oxygens (including phenoxy) is 1. The summed E-state index contributed by atoms with van der Waals surface area (Å²) < 4.78 is 47.5. The van der Waals surface area contributed by atoms with Crippen LogP contribution < -0.4 is 0 Å². The topological polar surface area (TPSA) is 39.9 Å². The molecule has 0 N–H and O–H groups in total. The highest BCUT2D eigenvalue weighted by Crippen LogP contribution is 2.35. The van der Waals surface area contributed by atoms with Gasteiger partial charge in [-0.2, -0.15) is 5.10 Å². The van der Waals surface area contributed by atoms with Gasteiger partial charge in [-0.3, -0.25) is 9.67 Å². The second-order valence-electron chi connectivity index (χ2n) is 6.32. The summed E-state index contributed by atoms with van der Waals surface area (Å²) in [4.78, 5) is 4.29. The van der Waals surface area contributed by atoms with Crippen molar-refractivity contribution in [3.05, 3.63) is 48.0 Å². The largest absolute Gasteiger partial charge is 0.379 e. The summed E-state index contributed by atoms with van der Waals surface area (Å²) >= 11 is 0. The maximum atomic E-state index is 13.5. The molecule has 3 aromatic rings. The van der Waals surface area contributed by atoms with Crippen LogP contribution >= 0.6 is 0 Å². The van der Waals surface area contributed by atoms with Crippen LogP contribution in [0, 0.1) is 23.4 Å². The lowest BCUT2D eigenvalue weighted by Crippen LogP contribution is -2.21. The predicted octanol–water partition coefficient (Wildman–Crippen LogP) is 3.94. The van der Waals surface area contributed by atoms with Gasteiger partial charge in [-0.1, -0.05) is 0 Å². The molecule has 0 radical (unpaired) electrons. The highest BCUT2D eigenvalue weighted by Gasteiger charge is 2.32. The predicted molar refractivity (Wildman–Crippen MR) is 86.4 cm³/mol. The molecule has 1 unspecified atom stereocenters. The number of pyridine rings is 1. The molecule has 130 valence electrons. The minimum atomic E-state index is -1.48. The van der Waals surface area contributed by atoms with Crippen molar-refractivity contribution >= 4 is 11.0 Å². The zero-order chi connectivity index (χ0) is 17.6. The Morgan fingerprint density at radius 1 is 1.12 bits per heavy atom. The van der Waals surface area contributed by atoms with Crippen molar-refractivity contribution in [2.45, 2.75) is 25.5 Å². The van der Waals surface area contributed by atoms with E-state index in [4.69, 9.17) is 4.74 Å². The summed E-state index contributed by atoms with van der Waals surface area (Å²) in [6.45, 7) is 0.585. The Morgan fingerprint density at radius 2 is 1.84 bits per heavy atom. The van der Waals surface area contributed by atoms with Gasteiger partial charge < -0.3 is 4.74 Å². The maximum absolute atomic E-state index is 13.5. The number of hydrogen-bond donors (Lipinski definition) is 0. The van der Waals surface area contributed by atoms with Crippen molar-refractivity contribution < 1.29 is 17.9 Å². The van der Waals surface area contributed by atoms with E-state index < -0.39 is 17.5 Å². The Morgan fingerprint density at radius 3 is 2.48 bits per heavy atom. The van der Waals surface area contributed by atoms with Gasteiger partial charge in [0.1, 0.15) is 5.52 Å². The molecule has 0 bridgehead atoms. The van der Waals surface area contributed by atoms with Crippen molar-refractivity contribution in [1.29, 1.82) is 0 Å². The van der Waals surface area contributed by atoms with E-state index in [1.807, 2.05) is 0 Å². The summed E-state index contributed by atoms with van der Waals surface area (Å²) in [5, 5.41) is 4.34. The quantitative estimate of drug-likeness (QED) is 0.657. The highest BCUT2D eigenvalue weighted by molar-refractivity contribution is 5.80. The lowest BCUT2D eigenvalue weighted by molar-refractivity contribution is 0.0680. The Labute approximate surface area is 142 Å². The number of fused-ring (bicyclic) bond motifs is 1. The van der Waals surface area contributed by atoms with Crippen LogP contribution in [0.1, 0.15) is 12.8 Å². The number of benzene rings is 1. The molecule has 1 aliphatic carbocycles. The summed E-state index contributed by atoms with van der Waals surface area (Å²) in [5.41, 5.74) is 2.14. The SMILES string of the molecule is COC(Cn1ncc2ncc(-c3cc(F)c(F)c(F)c3)cc21)C1CC1. The summed E-state index contributed by atoms with van der Waals surface area (Å²) in [6, 6.07) is 3.68. The minimum absolute atomic E-state index is 0.0764. The molecule has 0 aliphatic heterocycles.